The highest BCUT2D eigenvalue weighted by Crippen LogP contribution is 2.32. The standard InChI is InChI=1S/C15H17F2NO/c1-2-3-10-13(8-18-9-4-5-9)19-15-12(17)7-6-11(16)14(10)15/h6-7,9,18H,2-5,8H2,1H3. The smallest absolute Gasteiger partial charge is 0.173 e. The third-order valence-electron chi connectivity index (χ3n) is 3.55. The van der Waals surface area contributed by atoms with Crippen molar-refractivity contribution in [2.45, 2.75) is 45.2 Å². The van der Waals surface area contributed by atoms with E-state index in [1.807, 2.05) is 6.92 Å². The molecular weight excluding hydrogens is 248 g/mol. The minimum absolute atomic E-state index is 0.0519. The lowest BCUT2D eigenvalue weighted by molar-refractivity contribution is 0.488. The van der Waals surface area contributed by atoms with E-state index in [-0.39, 0.29) is 5.58 Å². The van der Waals surface area contributed by atoms with Crippen LogP contribution in [0.3, 0.4) is 0 Å². The number of nitrogens with one attached hydrogen (secondary N) is 1. The zero-order chi connectivity index (χ0) is 13.4. The quantitative estimate of drug-likeness (QED) is 0.886. The van der Waals surface area contributed by atoms with Crippen LogP contribution in [0.4, 0.5) is 8.78 Å². The van der Waals surface area contributed by atoms with Crippen LogP contribution in [0.1, 0.15) is 37.5 Å². The van der Waals surface area contributed by atoms with Crippen LogP contribution in [0.15, 0.2) is 16.5 Å². The average Bonchev–Trinajstić information content (AvgIpc) is 3.15. The van der Waals surface area contributed by atoms with Crippen molar-refractivity contribution in [2.24, 2.45) is 0 Å². The zero-order valence-corrected chi connectivity index (χ0v) is 10.9. The summed E-state index contributed by atoms with van der Waals surface area (Å²) >= 11 is 0. The van der Waals surface area contributed by atoms with E-state index < -0.39 is 11.6 Å². The van der Waals surface area contributed by atoms with Crippen LogP contribution in [0.2, 0.25) is 0 Å². The number of benzene rings is 1. The summed E-state index contributed by atoms with van der Waals surface area (Å²) in [5.74, 6) is -0.222. The van der Waals surface area contributed by atoms with Crippen molar-refractivity contribution >= 4 is 11.0 Å². The van der Waals surface area contributed by atoms with Crippen LogP contribution < -0.4 is 5.32 Å². The van der Waals surface area contributed by atoms with Gasteiger partial charge < -0.3 is 9.73 Å². The van der Waals surface area contributed by atoms with Crippen molar-refractivity contribution in [1.29, 1.82) is 0 Å². The first kappa shape index (κ1) is 12.6. The summed E-state index contributed by atoms with van der Waals surface area (Å²) in [7, 11) is 0. The van der Waals surface area contributed by atoms with Gasteiger partial charge in [-0.3, -0.25) is 0 Å². The van der Waals surface area contributed by atoms with Gasteiger partial charge in [-0.25, -0.2) is 8.78 Å². The fourth-order valence-corrected chi connectivity index (χ4v) is 2.42. The van der Waals surface area contributed by atoms with Gasteiger partial charge in [0.25, 0.3) is 0 Å². The van der Waals surface area contributed by atoms with E-state index in [0.717, 1.165) is 18.1 Å². The van der Waals surface area contributed by atoms with E-state index in [0.29, 0.717) is 30.2 Å². The Morgan fingerprint density at radius 3 is 2.68 bits per heavy atom. The first-order chi connectivity index (χ1) is 9.20. The summed E-state index contributed by atoms with van der Waals surface area (Å²) in [5, 5.41) is 3.65. The fraction of sp³-hybridized carbons (Fsp3) is 0.467. The number of rotatable bonds is 5. The molecule has 0 atom stereocenters. The van der Waals surface area contributed by atoms with Crippen molar-refractivity contribution in [1.82, 2.24) is 5.32 Å². The van der Waals surface area contributed by atoms with Crippen molar-refractivity contribution in [2.75, 3.05) is 0 Å². The Kier molecular flexibility index (Phi) is 3.27. The monoisotopic (exact) mass is 265 g/mol. The number of hydrogen-bond acceptors (Lipinski definition) is 2. The summed E-state index contributed by atoms with van der Waals surface area (Å²) in [5.41, 5.74) is 0.860. The molecule has 0 aliphatic heterocycles. The number of furan rings is 1. The van der Waals surface area contributed by atoms with Gasteiger partial charge >= 0.3 is 0 Å². The molecule has 1 aromatic heterocycles. The highest BCUT2D eigenvalue weighted by atomic mass is 19.1. The first-order valence-electron chi connectivity index (χ1n) is 6.82. The van der Waals surface area contributed by atoms with Gasteiger partial charge in [-0.2, -0.15) is 0 Å². The molecule has 1 N–H and O–H groups in total. The molecule has 0 bridgehead atoms. The lowest BCUT2D eigenvalue weighted by atomic mass is 10.1. The van der Waals surface area contributed by atoms with E-state index in [2.05, 4.69) is 5.32 Å². The van der Waals surface area contributed by atoms with E-state index in [1.165, 1.54) is 18.9 Å². The van der Waals surface area contributed by atoms with Crippen LogP contribution >= 0.6 is 0 Å². The molecule has 1 aliphatic rings. The molecule has 0 saturated heterocycles. The molecule has 0 amide bonds. The molecule has 0 unspecified atom stereocenters. The van der Waals surface area contributed by atoms with Crippen LogP contribution in [-0.2, 0) is 13.0 Å². The maximum absolute atomic E-state index is 13.9. The summed E-state index contributed by atoms with van der Waals surface area (Å²) in [6.07, 6.45) is 3.92. The predicted octanol–water partition coefficient (Wildman–Crippen LogP) is 3.92. The number of halogens is 2. The van der Waals surface area contributed by atoms with E-state index in [9.17, 15) is 8.78 Å². The summed E-state index contributed by atoms with van der Waals surface area (Å²) in [6, 6.07) is 2.83. The Morgan fingerprint density at radius 1 is 1.26 bits per heavy atom. The molecule has 3 rings (SSSR count). The molecule has 1 fully saturated rings. The van der Waals surface area contributed by atoms with Crippen LogP contribution in [0, 0.1) is 11.6 Å². The summed E-state index contributed by atoms with van der Waals surface area (Å²) < 4.78 is 33.2. The third-order valence-corrected chi connectivity index (χ3v) is 3.55. The summed E-state index contributed by atoms with van der Waals surface area (Å²) in [4.78, 5) is 0. The topological polar surface area (TPSA) is 25.2 Å². The number of fused-ring (bicyclic) bond motifs is 1. The zero-order valence-electron chi connectivity index (χ0n) is 10.9. The van der Waals surface area contributed by atoms with E-state index in [1.54, 1.807) is 0 Å². The van der Waals surface area contributed by atoms with Gasteiger partial charge in [0.1, 0.15) is 11.6 Å². The third kappa shape index (κ3) is 2.37. The maximum Gasteiger partial charge on any atom is 0.173 e. The minimum atomic E-state index is -0.494. The minimum Gasteiger partial charge on any atom is -0.456 e. The van der Waals surface area contributed by atoms with Crippen LogP contribution in [0.5, 0.6) is 0 Å². The van der Waals surface area contributed by atoms with Gasteiger partial charge in [0.15, 0.2) is 11.4 Å². The highest BCUT2D eigenvalue weighted by Gasteiger charge is 2.24. The lowest BCUT2D eigenvalue weighted by Crippen LogP contribution is -2.15. The Morgan fingerprint density at radius 2 is 2.00 bits per heavy atom. The van der Waals surface area contributed by atoms with Gasteiger partial charge in [-0.15, -0.1) is 0 Å². The number of hydrogen-bond donors (Lipinski definition) is 1. The number of aryl methyl sites for hydroxylation is 1. The van der Waals surface area contributed by atoms with Crippen molar-refractivity contribution in [3.05, 3.63) is 35.1 Å². The SMILES string of the molecule is CCCc1c(CNC2CC2)oc2c(F)ccc(F)c12. The Hall–Kier alpha value is -1.42. The van der Waals surface area contributed by atoms with Crippen molar-refractivity contribution < 1.29 is 13.2 Å². The molecule has 0 spiro atoms. The first-order valence-corrected chi connectivity index (χ1v) is 6.82. The lowest BCUT2D eigenvalue weighted by Gasteiger charge is -2.03. The van der Waals surface area contributed by atoms with Crippen LogP contribution in [-0.4, -0.2) is 6.04 Å². The molecule has 1 saturated carbocycles. The van der Waals surface area contributed by atoms with Gasteiger partial charge in [0.2, 0.25) is 0 Å². The van der Waals surface area contributed by atoms with Crippen molar-refractivity contribution in [3.8, 4) is 0 Å². The highest BCUT2D eigenvalue weighted by molar-refractivity contribution is 5.83. The molecule has 2 aromatic rings. The second-order valence-electron chi connectivity index (χ2n) is 5.14. The Labute approximate surface area is 110 Å². The second kappa shape index (κ2) is 4.93. The van der Waals surface area contributed by atoms with E-state index >= 15 is 0 Å². The molecule has 4 heteroatoms. The normalized spacial score (nSPS) is 15.3. The molecule has 19 heavy (non-hydrogen) atoms. The summed E-state index contributed by atoms with van der Waals surface area (Å²) in [6.45, 7) is 2.57. The van der Waals surface area contributed by atoms with Gasteiger partial charge in [0, 0.05) is 11.6 Å². The molecule has 1 heterocycles. The van der Waals surface area contributed by atoms with Gasteiger partial charge in [-0.1, -0.05) is 13.3 Å². The van der Waals surface area contributed by atoms with Gasteiger partial charge in [0.05, 0.1) is 11.9 Å². The van der Waals surface area contributed by atoms with Crippen molar-refractivity contribution in [3.63, 3.8) is 0 Å². The maximum atomic E-state index is 13.9. The molecule has 0 radical (unpaired) electrons. The Balaban J connectivity index is 2.05. The predicted molar refractivity (Wildman–Crippen MR) is 70.0 cm³/mol. The molecule has 1 aromatic carbocycles. The van der Waals surface area contributed by atoms with E-state index in [4.69, 9.17) is 4.42 Å². The average molecular weight is 265 g/mol. The largest absolute Gasteiger partial charge is 0.456 e. The van der Waals surface area contributed by atoms with Gasteiger partial charge in [-0.05, 0) is 31.4 Å². The molecule has 1 aliphatic carbocycles. The van der Waals surface area contributed by atoms with Crippen LogP contribution in [0.25, 0.3) is 11.0 Å². The second-order valence-corrected chi connectivity index (χ2v) is 5.14. The Bertz CT molecular complexity index is 602. The molecular formula is C15H17F2NO. The fourth-order valence-electron chi connectivity index (χ4n) is 2.42. The molecule has 2 nitrogen and oxygen atoms in total. The molecule has 102 valence electrons.